The molecule has 17 heteroatoms. The molecule has 2 aromatic carbocycles. The van der Waals surface area contributed by atoms with Crippen LogP contribution in [0, 0.1) is 0 Å². The first kappa shape index (κ1) is 37.8. The second kappa shape index (κ2) is 16.6. The number of carbonyl (C=O) groups excluding carboxylic acids is 4. The summed E-state index contributed by atoms with van der Waals surface area (Å²) in [4.78, 5) is 62.9. The predicted octanol–water partition coefficient (Wildman–Crippen LogP) is 5.19. The minimum Gasteiger partial charge on any atom is -0.464 e. The molecule has 3 aromatic rings. The zero-order valence-electron chi connectivity index (χ0n) is 27.6. The number of hydrogen-bond donors (Lipinski definition) is 3. The van der Waals surface area contributed by atoms with Crippen molar-refractivity contribution in [2.45, 2.75) is 63.2 Å². The maximum Gasteiger partial charge on any atom is 0.422 e. The van der Waals surface area contributed by atoms with E-state index >= 15 is 0 Å². The van der Waals surface area contributed by atoms with Gasteiger partial charge in [0.2, 0.25) is 17.7 Å². The molecule has 1 aliphatic rings. The molecule has 0 spiro atoms. The van der Waals surface area contributed by atoms with Crippen LogP contribution in [-0.4, -0.2) is 82.9 Å². The first-order valence-corrected chi connectivity index (χ1v) is 16.1. The molecular formula is C33H37ClF3N7O6. The summed E-state index contributed by atoms with van der Waals surface area (Å²) in [6.07, 6.45) is -2.28. The van der Waals surface area contributed by atoms with Crippen molar-refractivity contribution in [3.8, 4) is 6.01 Å². The lowest BCUT2D eigenvalue weighted by molar-refractivity contribution is -0.154. The lowest BCUT2D eigenvalue weighted by Crippen LogP contribution is -2.42. The Morgan fingerprint density at radius 2 is 1.62 bits per heavy atom. The third-order valence-corrected chi connectivity index (χ3v) is 7.80. The number of benzene rings is 2. The van der Waals surface area contributed by atoms with E-state index in [2.05, 4.69) is 30.9 Å². The van der Waals surface area contributed by atoms with Crippen LogP contribution in [0.3, 0.4) is 0 Å². The molecular weight excluding hydrogens is 683 g/mol. The number of alkyl halides is 3. The number of esters is 1. The summed E-state index contributed by atoms with van der Waals surface area (Å²) in [7, 11) is 2.97. The van der Waals surface area contributed by atoms with Crippen LogP contribution < -0.4 is 20.7 Å². The summed E-state index contributed by atoms with van der Waals surface area (Å²) in [5.74, 6) is -2.48. The average molecular weight is 720 g/mol. The van der Waals surface area contributed by atoms with Gasteiger partial charge in [-0.05, 0) is 74.6 Å². The summed E-state index contributed by atoms with van der Waals surface area (Å²) in [5.41, 5.74) is 0.949. The zero-order valence-corrected chi connectivity index (χ0v) is 28.4. The standard InChI is InChI=1S/C33H37ClF3N7O6/c1-4-49-28(48)24(7-5-6-8-25(45)27(47)44(2)3)39-26(46)20-9-15-23(16-10-20)38-29-40-30(42-31(41-29)50-19-33(35,36)37)43-32(17-18-32)21-11-13-22(34)14-12-21/h9-16,24H,4-8,17-19H2,1-3H3,(H,39,46)(H2,38,40,41,42,43)/t24-/m0/s1. The monoisotopic (exact) mass is 719 g/mol. The predicted molar refractivity (Wildman–Crippen MR) is 177 cm³/mol. The molecule has 50 heavy (non-hydrogen) atoms. The Morgan fingerprint density at radius 1 is 0.960 bits per heavy atom. The first-order valence-electron chi connectivity index (χ1n) is 15.8. The molecule has 2 amide bonds. The van der Waals surface area contributed by atoms with E-state index in [1.54, 1.807) is 19.1 Å². The van der Waals surface area contributed by atoms with Crippen LogP contribution in [0.4, 0.5) is 30.8 Å². The topological polar surface area (TPSA) is 165 Å². The van der Waals surface area contributed by atoms with Gasteiger partial charge in [0.15, 0.2) is 6.61 Å². The molecule has 4 rings (SSSR count). The molecule has 1 saturated carbocycles. The fraction of sp³-hybridized carbons (Fsp3) is 0.424. The highest BCUT2D eigenvalue weighted by Gasteiger charge is 2.45. The number of likely N-dealkylation sites (N-methyl/N-ethyl adjacent to an activating group) is 1. The number of aromatic nitrogens is 3. The van der Waals surface area contributed by atoms with Gasteiger partial charge in [0.05, 0.1) is 12.1 Å². The van der Waals surface area contributed by atoms with Crippen molar-refractivity contribution >= 4 is 52.8 Å². The van der Waals surface area contributed by atoms with Crippen LogP contribution in [0.15, 0.2) is 48.5 Å². The number of ketones is 1. The number of hydrogen-bond acceptors (Lipinski definition) is 11. The highest BCUT2D eigenvalue weighted by Crippen LogP contribution is 2.48. The third kappa shape index (κ3) is 11.0. The number of amides is 2. The van der Waals surface area contributed by atoms with Gasteiger partial charge in [-0.15, -0.1) is 0 Å². The number of nitrogens with zero attached hydrogens (tertiary/aromatic N) is 4. The molecule has 268 valence electrons. The van der Waals surface area contributed by atoms with Crippen molar-refractivity contribution in [3.63, 3.8) is 0 Å². The highest BCUT2D eigenvalue weighted by molar-refractivity contribution is 6.35. The van der Waals surface area contributed by atoms with E-state index in [0.717, 1.165) is 18.4 Å². The van der Waals surface area contributed by atoms with Crippen molar-refractivity contribution in [1.29, 1.82) is 0 Å². The van der Waals surface area contributed by atoms with Gasteiger partial charge in [0, 0.05) is 36.8 Å². The number of rotatable bonds is 17. The van der Waals surface area contributed by atoms with Gasteiger partial charge in [-0.3, -0.25) is 14.4 Å². The summed E-state index contributed by atoms with van der Waals surface area (Å²) in [6.45, 7) is 0.123. The molecule has 1 heterocycles. The van der Waals surface area contributed by atoms with E-state index in [-0.39, 0.29) is 36.9 Å². The second-order valence-corrected chi connectivity index (χ2v) is 12.2. The molecule has 0 aliphatic heterocycles. The normalized spacial score (nSPS) is 13.8. The van der Waals surface area contributed by atoms with E-state index in [1.807, 2.05) is 12.1 Å². The molecule has 0 radical (unpaired) electrons. The van der Waals surface area contributed by atoms with Crippen LogP contribution in [-0.2, 0) is 24.7 Å². The summed E-state index contributed by atoms with van der Waals surface area (Å²) in [5, 5.41) is 9.29. The molecule has 13 nitrogen and oxygen atoms in total. The lowest BCUT2D eigenvalue weighted by atomic mass is 10.1. The smallest absolute Gasteiger partial charge is 0.422 e. The summed E-state index contributed by atoms with van der Waals surface area (Å²) < 4.78 is 48.7. The van der Waals surface area contributed by atoms with E-state index in [9.17, 15) is 32.3 Å². The Hall–Kier alpha value is -4.99. The minimum atomic E-state index is -4.62. The maximum atomic E-state index is 13.1. The fourth-order valence-electron chi connectivity index (χ4n) is 4.83. The van der Waals surface area contributed by atoms with Crippen molar-refractivity contribution in [2.75, 3.05) is 37.9 Å². The molecule has 0 bridgehead atoms. The summed E-state index contributed by atoms with van der Waals surface area (Å²) >= 11 is 6.02. The minimum absolute atomic E-state index is 0.00683. The fourth-order valence-corrected chi connectivity index (χ4v) is 4.96. The SMILES string of the molecule is CCOC(=O)[C@H](CCCCC(=O)C(=O)N(C)C)NC(=O)c1ccc(Nc2nc(NC3(c4ccc(Cl)cc4)CC3)nc(OCC(F)(F)F)n2)cc1. The highest BCUT2D eigenvalue weighted by atomic mass is 35.5. The number of halogens is 4. The second-order valence-electron chi connectivity index (χ2n) is 11.7. The van der Waals surface area contributed by atoms with Gasteiger partial charge in [-0.1, -0.05) is 30.2 Å². The Bertz CT molecular complexity index is 1670. The Balaban J connectivity index is 1.43. The van der Waals surface area contributed by atoms with Crippen molar-refractivity contribution in [1.82, 2.24) is 25.2 Å². The number of ether oxygens (including phenoxy) is 2. The van der Waals surface area contributed by atoms with Crippen LogP contribution in [0.25, 0.3) is 0 Å². The molecule has 1 aliphatic carbocycles. The Kier molecular flexibility index (Phi) is 12.6. The quantitative estimate of drug-likeness (QED) is 0.0956. The largest absolute Gasteiger partial charge is 0.464 e. The molecule has 3 N–H and O–H groups in total. The van der Waals surface area contributed by atoms with E-state index in [0.29, 0.717) is 23.6 Å². The van der Waals surface area contributed by atoms with Gasteiger partial charge in [-0.25, -0.2) is 4.79 Å². The molecule has 1 aromatic heterocycles. The van der Waals surface area contributed by atoms with Crippen molar-refractivity contribution in [2.24, 2.45) is 0 Å². The van der Waals surface area contributed by atoms with Gasteiger partial charge >= 0.3 is 18.2 Å². The van der Waals surface area contributed by atoms with E-state index in [1.165, 1.54) is 43.3 Å². The van der Waals surface area contributed by atoms with Crippen molar-refractivity contribution in [3.05, 3.63) is 64.7 Å². The van der Waals surface area contributed by atoms with Gasteiger partial charge < -0.3 is 30.3 Å². The number of nitrogens with one attached hydrogen (secondary N) is 3. The van der Waals surface area contributed by atoms with Gasteiger partial charge in [-0.2, -0.15) is 28.1 Å². The van der Waals surface area contributed by atoms with Gasteiger partial charge in [0.25, 0.3) is 11.8 Å². The van der Waals surface area contributed by atoms with Crippen LogP contribution in [0.2, 0.25) is 5.02 Å². The molecule has 0 saturated heterocycles. The summed E-state index contributed by atoms with van der Waals surface area (Å²) in [6, 6.07) is 11.6. The number of carbonyl (C=O) groups is 4. The molecule has 0 unspecified atom stereocenters. The average Bonchev–Trinajstić information content (AvgIpc) is 3.85. The Morgan fingerprint density at radius 3 is 2.22 bits per heavy atom. The molecule has 1 atom stereocenters. The van der Waals surface area contributed by atoms with E-state index < -0.39 is 53.9 Å². The number of anilines is 3. The number of Topliss-reactive ketones (excluding diaryl/α,β-unsaturated/α-hetero) is 1. The maximum absolute atomic E-state index is 13.1. The van der Waals surface area contributed by atoms with E-state index in [4.69, 9.17) is 21.1 Å². The van der Waals surface area contributed by atoms with Crippen molar-refractivity contribution < 1.29 is 41.8 Å². The molecule has 1 fully saturated rings. The van der Waals surface area contributed by atoms with Crippen LogP contribution >= 0.6 is 11.6 Å². The third-order valence-electron chi connectivity index (χ3n) is 7.55. The zero-order chi connectivity index (χ0) is 36.5. The van der Waals surface area contributed by atoms with Gasteiger partial charge in [0.1, 0.15) is 6.04 Å². The number of unbranched alkanes of at least 4 members (excludes halogenated alkanes) is 1. The Labute approximate surface area is 291 Å². The van der Waals surface area contributed by atoms with Crippen LogP contribution in [0.1, 0.15) is 61.4 Å². The van der Waals surface area contributed by atoms with Crippen LogP contribution in [0.5, 0.6) is 6.01 Å². The lowest BCUT2D eigenvalue weighted by Gasteiger charge is -2.19. The first-order chi connectivity index (χ1) is 23.7.